The smallest absolute Gasteiger partial charge is 0.411 e. The largest absolute Gasteiger partial charge is 0.464 e. The number of hydrogen-bond acceptors (Lipinski definition) is 7. The monoisotopic (exact) mass is 459 g/mol. The summed E-state index contributed by atoms with van der Waals surface area (Å²) in [6, 6.07) is -0.666. The molecule has 0 bridgehead atoms. The van der Waals surface area contributed by atoms with Crippen molar-refractivity contribution in [1.82, 2.24) is 4.90 Å². The van der Waals surface area contributed by atoms with Crippen LogP contribution in [-0.2, 0) is 27.9 Å². The summed E-state index contributed by atoms with van der Waals surface area (Å²) in [6.07, 6.45) is 2.32. The third-order valence-electron chi connectivity index (χ3n) is 5.53. The van der Waals surface area contributed by atoms with Crippen LogP contribution in [0.5, 0.6) is 0 Å². The van der Waals surface area contributed by atoms with Gasteiger partial charge < -0.3 is 18.5 Å². The van der Waals surface area contributed by atoms with Gasteiger partial charge in [0.05, 0.1) is 19.8 Å². The summed E-state index contributed by atoms with van der Waals surface area (Å²) in [5.74, 6) is 1.43. The van der Waals surface area contributed by atoms with Crippen LogP contribution in [0, 0.1) is 11.8 Å². The van der Waals surface area contributed by atoms with E-state index in [1.54, 1.807) is 26.6 Å². The van der Waals surface area contributed by atoms with Crippen molar-refractivity contribution in [3.8, 4) is 0 Å². The van der Waals surface area contributed by atoms with Gasteiger partial charge in [-0.05, 0) is 79.1 Å². The van der Waals surface area contributed by atoms with E-state index >= 15 is 0 Å². The summed E-state index contributed by atoms with van der Waals surface area (Å²) in [6.45, 7) is 12.1. The number of likely N-dealkylation sites (tertiary alicyclic amines) is 1. The Morgan fingerprint density at radius 1 is 1.10 bits per heavy atom. The van der Waals surface area contributed by atoms with Crippen LogP contribution in [-0.4, -0.2) is 55.0 Å². The number of esters is 1. The molecule has 0 aromatic rings. The molecule has 0 aromatic heterocycles. The van der Waals surface area contributed by atoms with Crippen molar-refractivity contribution >= 4 is 19.7 Å². The summed E-state index contributed by atoms with van der Waals surface area (Å²) in [4.78, 5) is 27.2. The Bertz CT molecular complexity index is 705. The molecule has 9 heteroatoms. The lowest BCUT2D eigenvalue weighted by atomic mass is 9.69. The molecule has 8 nitrogen and oxygen atoms in total. The van der Waals surface area contributed by atoms with Gasteiger partial charge in [0.15, 0.2) is 0 Å². The highest BCUT2D eigenvalue weighted by Crippen LogP contribution is 2.53. The maximum absolute atomic E-state index is 12.9. The highest BCUT2D eigenvalue weighted by atomic mass is 31.2. The number of ether oxygens (including phenoxy) is 2. The summed E-state index contributed by atoms with van der Waals surface area (Å²) in [5, 5.41) is 0. The molecule has 3 unspecified atom stereocenters. The van der Waals surface area contributed by atoms with Gasteiger partial charge in [-0.1, -0.05) is 5.57 Å². The van der Waals surface area contributed by atoms with E-state index < -0.39 is 25.3 Å². The topological polar surface area (TPSA) is 91.4 Å². The average Bonchev–Trinajstić information content (AvgIpc) is 2.66. The quantitative estimate of drug-likeness (QED) is 0.385. The first-order valence-corrected chi connectivity index (χ1v) is 12.9. The van der Waals surface area contributed by atoms with E-state index in [0.717, 1.165) is 12.0 Å². The maximum Gasteiger partial charge on any atom is 0.411 e. The highest BCUT2D eigenvalue weighted by Gasteiger charge is 2.47. The maximum atomic E-state index is 12.9. The van der Waals surface area contributed by atoms with Crippen LogP contribution in [0.15, 0.2) is 11.4 Å². The van der Waals surface area contributed by atoms with Crippen LogP contribution < -0.4 is 0 Å². The van der Waals surface area contributed by atoms with Crippen LogP contribution in [0.4, 0.5) is 4.79 Å². The first-order valence-electron chi connectivity index (χ1n) is 11.3. The van der Waals surface area contributed by atoms with Crippen LogP contribution in [0.2, 0.25) is 0 Å². The average molecular weight is 460 g/mol. The minimum absolute atomic E-state index is 0.0314. The van der Waals surface area contributed by atoms with E-state index in [9.17, 15) is 14.2 Å². The molecule has 1 saturated heterocycles. The van der Waals surface area contributed by atoms with Crippen molar-refractivity contribution in [3.63, 3.8) is 0 Å². The zero-order valence-electron chi connectivity index (χ0n) is 19.7. The molecule has 2 rings (SSSR count). The van der Waals surface area contributed by atoms with E-state index in [1.165, 1.54) is 4.90 Å². The van der Waals surface area contributed by atoms with Crippen molar-refractivity contribution in [2.75, 3.05) is 26.4 Å². The van der Waals surface area contributed by atoms with Crippen molar-refractivity contribution < 1.29 is 32.7 Å². The predicted molar refractivity (Wildman–Crippen MR) is 118 cm³/mol. The molecule has 0 radical (unpaired) electrons. The number of piperidine rings is 1. The second kappa shape index (κ2) is 11.0. The fraction of sp³-hybridized carbons (Fsp3) is 0.818. The van der Waals surface area contributed by atoms with Crippen molar-refractivity contribution in [3.05, 3.63) is 11.4 Å². The normalized spacial score (nSPS) is 25.8. The molecule has 0 aromatic carbocycles. The number of hydrogen-bond donors (Lipinski definition) is 0. The van der Waals surface area contributed by atoms with Crippen molar-refractivity contribution in [2.45, 2.75) is 78.9 Å². The lowest BCUT2D eigenvalue weighted by molar-refractivity contribution is -0.155. The molecule has 1 saturated carbocycles. The SMILES string of the molecule is CCOC(=O)C1C2CCC(=CP(=O)(OCC)OCC)CC2CCN1C(=O)OC(C)(C)C. The molecular weight excluding hydrogens is 421 g/mol. The Labute approximate surface area is 186 Å². The minimum Gasteiger partial charge on any atom is -0.464 e. The number of rotatable bonds is 7. The summed E-state index contributed by atoms with van der Waals surface area (Å²) >= 11 is 0. The van der Waals surface area contributed by atoms with Crippen molar-refractivity contribution in [1.29, 1.82) is 0 Å². The molecule has 2 aliphatic rings. The number of nitrogens with zero attached hydrogens (tertiary/aromatic N) is 1. The van der Waals surface area contributed by atoms with E-state index in [-0.39, 0.29) is 24.4 Å². The first-order chi connectivity index (χ1) is 14.5. The fourth-order valence-corrected chi connectivity index (χ4v) is 6.08. The number of amides is 1. The molecule has 1 aliphatic heterocycles. The van der Waals surface area contributed by atoms with E-state index in [1.807, 2.05) is 20.8 Å². The van der Waals surface area contributed by atoms with Gasteiger partial charge in [-0.3, -0.25) is 9.46 Å². The Hall–Kier alpha value is -1.37. The van der Waals surface area contributed by atoms with Gasteiger partial charge >= 0.3 is 19.7 Å². The molecule has 1 heterocycles. The van der Waals surface area contributed by atoms with Gasteiger partial charge in [0.2, 0.25) is 0 Å². The zero-order chi connectivity index (χ0) is 23.2. The Morgan fingerprint density at radius 2 is 1.74 bits per heavy atom. The summed E-state index contributed by atoms with van der Waals surface area (Å²) < 4.78 is 34.6. The molecule has 31 heavy (non-hydrogen) atoms. The fourth-order valence-electron chi connectivity index (χ4n) is 4.45. The summed E-state index contributed by atoms with van der Waals surface area (Å²) in [7, 11) is -3.27. The second-order valence-corrected chi connectivity index (χ2v) is 10.8. The Balaban J connectivity index is 2.23. The van der Waals surface area contributed by atoms with Gasteiger partial charge in [-0.25, -0.2) is 9.59 Å². The standard InChI is InChI=1S/C22H38NO7P/c1-7-27-20(24)19-18-11-10-16(15-31(26,28-8-2)29-9-3)14-17(18)12-13-23(19)21(25)30-22(4,5)6/h15,17-19H,7-14H2,1-6H3. The Kier molecular flexibility index (Phi) is 9.16. The van der Waals surface area contributed by atoms with Crippen LogP contribution in [0.25, 0.3) is 0 Å². The number of allylic oxidation sites excluding steroid dienone is 1. The van der Waals surface area contributed by atoms with E-state index in [4.69, 9.17) is 18.5 Å². The van der Waals surface area contributed by atoms with Crippen LogP contribution in [0.1, 0.15) is 67.2 Å². The molecular formula is C22H38NO7P. The van der Waals surface area contributed by atoms with E-state index in [2.05, 4.69) is 0 Å². The van der Waals surface area contributed by atoms with Gasteiger partial charge in [0, 0.05) is 12.4 Å². The first kappa shape index (κ1) is 25.9. The molecule has 1 amide bonds. The second-order valence-electron chi connectivity index (χ2n) is 8.99. The van der Waals surface area contributed by atoms with Gasteiger partial charge in [0.25, 0.3) is 0 Å². The summed E-state index contributed by atoms with van der Waals surface area (Å²) in [5.41, 5.74) is 0.384. The van der Waals surface area contributed by atoms with Gasteiger partial charge in [-0.2, -0.15) is 0 Å². The third kappa shape index (κ3) is 7.06. The Morgan fingerprint density at radius 3 is 2.29 bits per heavy atom. The van der Waals surface area contributed by atoms with Crippen molar-refractivity contribution in [2.24, 2.45) is 11.8 Å². The molecule has 178 valence electrons. The number of carbonyl (C=O) groups excluding carboxylic acids is 2. The number of fused-ring (bicyclic) bond motifs is 1. The lowest BCUT2D eigenvalue weighted by Crippen LogP contribution is -2.57. The zero-order valence-corrected chi connectivity index (χ0v) is 20.6. The molecule has 1 aliphatic carbocycles. The predicted octanol–water partition coefficient (Wildman–Crippen LogP) is 5.13. The van der Waals surface area contributed by atoms with E-state index in [0.29, 0.717) is 39.0 Å². The van der Waals surface area contributed by atoms with Crippen LogP contribution >= 0.6 is 7.60 Å². The molecule has 0 N–H and O–H groups in total. The lowest BCUT2D eigenvalue weighted by Gasteiger charge is -2.46. The molecule has 2 fully saturated rings. The highest BCUT2D eigenvalue weighted by molar-refractivity contribution is 7.57. The number of carbonyl (C=O) groups is 2. The van der Waals surface area contributed by atoms with Gasteiger partial charge in [-0.15, -0.1) is 0 Å². The minimum atomic E-state index is -3.27. The van der Waals surface area contributed by atoms with Gasteiger partial charge in [0.1, 0.15) is 11.6 Å². The molecule has 3 atom stereocenters. The molecule has 0 spiro atoms. The third-order valence-corrected chi connectivity index (χ3v) is 7.44. The van der Waals surface area contributed by atoms with Crippen LogP contribution in [0.3, 0.4) is 0 Å².